The first-order valence-electron chi connectivity index (χ1n) is 9.18. The van der Waals surface area contributed by atoms with E-state index in [1.54, 1.807) is 0 Å². The lowest BCUT2D eigenvalue weighted by Crippen LogP contribution is -2.36. The smallest absolute Gasteiger partial charge is 0.250 e. The summed E-state index contributed by atoms with van der Waals surface area (Å²) in [4.78, 5) is 6.93. The van der Waals surface area contributed by atoms with Crippen LogP contribution < -0.4 is 4.90 Å². The molecule has 2 aromatic rings. The Hall–Kier alpha value is -2.14. The van der Waals surface area contributed by atoms with Gasteiger partial charge < -0.3 is 14.2 Å². The lowest BCUT2D eigenvalue weighted by molar-refractivity contribution is 0.122. The van der Waals surface area contributed by atoms with E-state index in [9.17, 15) is 0 Å². The molecule has 0 atom stereocenters. The van der Waals surface area contributed by atoms with Crippen LogP contribution in [-0.4, -0.2) is 36.4 Å². The lowest BCUT2D eigenvalue weighted by Gasteiger charge is -2.28. The number of hydrogen-bond donors (Lipinski definition) is 0. The largest absolute Gasteiger partial charge is 0.378 e. The SMILES string of the molecule is CC1(c2noc(/C=C/c3ccc(N4CCOCC4)cc3)n2)CCCC1. The normalized spacial score (nSPS) is 20.4. The maximum atomic E-state index is 5.41. The van der Waals surface area contributed by atoms with Crippen molar-refractivity contribution in [1.29, 1.82) is 0 Å². The van der Waals surface area contributed by atoms with Gasteiger partial charge in [0, 0.05) is 30.3 Å². The zero-order valence-electron chi connectivity index (χ0n) is 14.8. The first kappa shape index (κ1) is 16.3. The second-order valence-corrected chi connectivity index (χ2v) is 7.25. The summed E-state index contributed by atoms with van der Waals surface area (Å²) < 4.78 is 10.8. The summed E-state index contributed by atoms with van der Waals surface area (Å²) in [6.45, 7) is 5.76. The van der Waals surface area contributed by atoms with Gasteiger partial charge >= 0.3 is 0 Å². The van der Waals surface area contributed by atoms with Gasteiger partial charge in [-0.3, -0.25) is 0 Å². The van der Waals surface area contributed by atoms with Crippen molar-refractivity contribution in [2.45, 2.75) is 38.0 Å². The van der Waals surface area contributed by atoms with Gasteiger partial charge in [0.15, 0.2) is 5.82 Å². The molecule has 1 aliphatic heterocycles. The van der Waals surface area contributed by atoms with Gasteiger partial charge in [-0.2, -0.15) is 4.98 Å². The average molecular weight is 339 g/mol. The number of anilines is 1. The van der Waals surface area contributed by atoms with E-state index in [1.165, 1.54) is 18.5 Å². The van der Waals surface area contributed by atoms with Crippen molar-refractivity contribution >= 4 is 17.8 Å². The number of morpholine rings is 1. The van der Waals surface area contributed by atoms with E-state index in [2.05, 4.69) is 46.2 Å². The summed E-state index contributed by atoms with van der Waals surface area (Å²) in [6, 6.07) is 8.56. The molecular formula is C20H25N3O2. The molecule has 25 heavy (non-hydrogen) atoms. The highest BCUT2D eigenvalue weighted by Crippen LogP contribution is 2.39. The van der Waals surface area contributed by atoms with Crippen LogP contribution >= 0.6 is 0 Å². The van der Waals surface area contributed by atoms with Gasteiger partial charge in [0.05, 0.1) is 13.2 Å². The quantitative estimate of drug-likeness (QED) is 0.845. The molecule has 1 aromatic heterocycles. The molecule has 4 rings (SSSR count). The Morgan fingerprint density at radius 1 is 1.04 bits per heavy atom. The predicted octanol–water partition coefficient (Wildman–Crippen LogP) is 3.91. The number of hydrogen-bond acceptors (Lipinski definition) is 5. The van der Waals surface area contributed by atoms with Gasteiger partial charge in [-0.25, -0.2) is 0 Å². The van der Waals surface area contributed by atoms with Crippen LogP contribution in [0.3, 0.4) is 0 Å². The molecule has 0 unspecified atom stereocenters. The highest BCUT2D eigenvalue weighted by molar-refractivity contribution is 5.67. The summed E-state index contributed by atoms with van der Waals surface area (Å²) in [5.74, 6) is 1.44. The van der Waals surface area contributed by atoms with Crippen molar-refractivity contribution < 1.29 is 9.26 Å². The van der Waals surface area contributed by atoms with E-state index in [1.807, 2.05) is 12.2 Å². The van der Waals surface area contributed by atoms with Crippen molar-refractivity contribution in [2.24, 2.45) is 0 Å². The molecule has 0 spiro atoms. The molecule has 1 aliphatic carbocycles. The number of aromatic nitrogens is 2. The topological polar surface area (TPSA) is 51.4 Å². The fraction of sp³-hybridized carbons (Fsp3) is 0.500. The van der Waals surface area contributed by atoms with E-state index in [4.69, 9.17) is 9.26 Å². The molecule has 2 fully saturated rings. The van der Waals surface area contributed by atoms with E-state index < -0.39 is 0 Å². The zero-order valence-corrected chi connectivity index (χ0v) is 14.8. The fourth-order valence-electron chi connectivity index (χ4n) is 3.71. The summed E-state index contributed by atoms with van der Waals surface area (Å²) in [6.07, 6.45) is 8.74. The fourth-order valence-corrected chi connectivity index (χ4v) is 3.71. The minimum atomic E-state index is 0.0927. The van der Waals surface area contributed by atoms with Crippen LogP contribution in [0.4, 0.5) is 5.69 Å². The Morgan fingerprint density at radius 2 is 1.76 bits per heavy atom. The van der Waals surface area contributed by atoms with Gasteiger partial charge in [-0.05, 0) is 36.6 Å². The number of benzene rings is 1. The molecule has 1 saturated heterocycles. The standard InChI is InChI=1S/C20H25N3O2/c1-20(10-2-3-11-20)19-21-18(25-22-19)9-6-16-4-7-17(8-5-16)23-12-14-24-15-13-23/h4-9H,2-3,10-15H2,1H3/b9-6+. The predicted molar refractivity (Wildman–Crippen MR) is 98.5 cm³/mol. The lowest BCUT2D eigenvalue weighted by atomic mass is 9.88. The van der Waals surface area contributed by atoms with Crippen molar-refractivity contribution in [3.63, 3.8) is 0 Å². The first-order chi connectivity index (χ1) is 12.2. The van der Waals surface area contributed by atoms with Crippen LogP contribution in [0.25, 0.3) is 12.2 Å². The third-order valence-corrected chi connectivity index (χ3v) is 5.38. The molecule has 0 amide bonds. The second-order valence-electron chi connectivity index (χ2n) is 7.25. The van der Waals surface area contributed by atoms with Gasteiger partial charge in [-0.1, -0.05) is 37.1 Å². The van der Waals surface area contributed by atoms with Crippen molar-refractivity contribution in [2.75, 3.05) is 31.2 Å². The molecule has 0 radical (unpaired) electrons. The van der Waals surface area contributed by atoms with Gasteiger partial charge in [-0.15, -0.1) is 0 Å². The van der Waals surface area contributed by atoms with E-state index in [0.29, 0.717) is 5.89 Å². The Kier molecular flexibility index (Phi) is 4.57. The molecule has 0 bridgehead atoms. The molecule has 2 heterocycles. The first-order valence-corrected chi connectivity index (χ1v) is 9.18. The van der Waals surface area contributed by atoms with E-state index in [0.717, 1.165) is 50.5 Å². The van der Waals surface area contributed by atoms with Crippen LogP contribution in [0.2, 0.25) is 0 Å². The maximum Gasteiger partial charge on any atom is 0.250 e. The molecule has 132 valence electrons. The van der Waals surface area contributed by atoms with Crippen LogP contribution in [0, 0.1) is 0 Å². The van der Waals surface area contributed by atoms with Crippen LogP contribution in [-0.2, 0) is 10.2 Å². The van der Waals surface area contributed by atoms with Crippen LogP contribution in [0.1, 0.15) is 49.9 Å². The maximum absolute atomic E-state index is 5.41. The Morgan fingerprint density at radius 3 is 2.48 bits per heavy atom. The summed E-state index contributed by atoms with van der Waals surface area (Å²) in [5.41, 5.74) is 2.47. The minimum absolute atomic E-state index is 0.0927. The number of rotatable bonds is 4. The van der Waals surface area contributed by atoms with Gasteiger partial charge in [0.25, 0.3) is 5.89 Å². The molecule has 0 N–H and O–H groups in total. The number of ether oxygens (including phenoxy) is 1. The van der Waals surface area contributed by atoms with Gasteiger partial charge in [0.1, 0.15) is 0 Å². The minimum Gasteiger partial charge on any atom is -0.378 e. The average Bonchev–Trinajstić information content (AvgIpc) is 3.31. The second kappa shape index (κ2) is 7.00. The van der Waals surface area contributed by atoms with Crippen molar-refractivity contribution in [3.05, 3.63) is 41.5 Å². The molecule has 1 aromatic carbocycles. The van der Waals surface area contributed by atoms with Gasteiger partial charge in [0.2, 0.25) is 0 Å². The zero-order chi connectivity index (χ0) is 17.1. The Labute approximate surface area is 148 Å². The molecule has 2 aliphatic rings. The Balaban J connectivity index is 1.42. The molecule has 5 heteroatoms. The summed E-state index contributed by atoms with van der Waals surface area (Å²) in [7, 11) is 0. The molecular weight excluding hydrogens is 314 g/mol. The van der Waals surface area contributed by atoms with Crippen LogP contribution in [0.15, 0.2) is 28.8 Å². The summed E-state index contributed by atoms with van der Waals surface area (Å²) >= 11 is 0. The molecule has 1 saturated carbocycles. The van der Waals surface area contributed by atoms with Crippen molar-refractivity contribution in [1.82, 2.24) is 10.1 Å². The third-order valence-electron chi connectivity index (χ3n) is 5.38. The van der Waals surface area contributed by atoms with Crippen molar-refractivity contribution in [3.8, 4) is 0 Å². The van der Waals surface area contributed by atoms with E-state index in [-0.39, 0.29) is 5.41 Å². The number of nitrogens with zero attached hydrogens (tertiary/aromatic N) is 3. The third kappa shape index (κ3) is 3.61. The Bertz CT molecular complexity index is 724. The molecule has 5 nitrogen and oxygen atoms in total. The highest BCUT2D eigenvalue weighted by atomic mass is 16.5. The van der Waals surface area contributed by atoms with E-state index >= 15 is 0 Å². The van der Waals surface area contributed by atoms with Crippen LogP contribution in [0.5, 0.6) is 0 Å². The highest BCUT2D eigenvalue weighted by Gasteiger charge is 2.34. The monoisotopic (exact) mass is 339 g/mol. The summed E-state index contributed by atoms with van der Waals surface area (Å²) in [5, 5.41) is 4.20.